The van der Waals surface area contributed by atoms with Crippen molar-refractivity contribution >= 4 is 24.2 Å². The van der Waals surface area contributed by atoms with Gasteiger partial charge in [-0.1, -0.05) is 12.1 Å². The first kappa shape index (κ1) is 20.2. The van der Waals surface area contributed by atoms with E-state index in [2.05, 4.69) is 16.7 Å². The summed E-state index contributed by atoms with van der Waals surface area (Å²) in [5, 5.41) is 6.34. The standard InChI is InChI=1S/C21H29N3O2.ClH/c25-20(19-10-3-11-22-19)23-13-15-5-4-12-24(14-15)21(26)18-9-2-7-16-6-1-8-17(16)18;/h2,7,9,15,19,22H,1,3-6,8,10-14H2,(H,23,25);1H. The molecule has 2 saturated heterocycles. The van der Waals surface area contributed by atoms with E-state index in [0.29, 0.717) is 12.5 Å². The summed E-state index contributed by atoms with van der Waals surface area (Å²) in [6.45, 7) is 3.19. The van der Waals surface area contributed by atoms with E-state index in [1.165, 1.54) is 11.1 Å². The van der Waals surface area contributed by atoms with Crippen molar-refractivity contribution in [3.63, 3.8) is 0 Å². The summed E-state index contributed by atoms with van der Waals surface area (Å²) >= 11 is 0. The van der Waals surface area contributed by atoms with Gasteiger partial charge in [-0.15, -0.1) is 12.4 Å². The molecule has 0 aromatic heterocycles. The fourth-order valence-corrected chi connectivity index (χ4v) is 4.68. The maximum Gasteiger partial charge on any atom is 0.254 e. The Hall–Kier alpha value is -1.59. The molecule has 4 rings (SSSR count). The predicted molar refractivity (Wildman–Crippen MR) is 108 cm³/mol. The number of rotatable bonds is 4. The molecule has 0 bridgehead atoms. The number of amides is 2. The first-order valence-electron chi connectivity index (χ1n) is 10.1. The molecule has 1 aliphatic carbocycles. The van der Waals surface area contributed by atoms with Gasteiger partial charge < -0.3 is 15.5 Å². The number of carbonyl (C=O) groups is 2. The summed E-state index contributed by atoms with van der Waals surface area (Å²) in [4.78, 5) is 27.3. The molecule has 2 amide bonds. The number of piperidine rings is 1. The van der Waals surface area contributed by atoms with Gasteiger partial charge in [0.2, 0.25) is 5.91 Å². The SMILES string of the molecule is Cl.O=C(NCC1CCCN(C(=O)c2cccc3c2CCC3)C1)C1CCCN1. The van der Waals surface area contributed by atoms with Gasteiger partial charge in [-0.05, 0) is 74.6 Å². The zero-order valence-corrected chi connectivity index (χ0v) is 16.7. The Kier molecular flexibility index (Phi) is 6.77. The second-order valence-electron chi connectivity index (χ2n) is 7.95. The topological polar surface area (TPSA) is 61.4 Å². The zero-order chi connectivity index (χ0) is 17.9. The third kappa shape index (κ3) is 4.46. The Morgan fingerprint density at radius 1 is 1.15 bits per heavy atom. The van der Waals surface area contributed by atoms with Gasteiger partial charge in [0.1, 0.15) is 0 Å². The Balaban J connectivity index is 0.00000210. The molecule has 2 atom stereocenters. The first-order chi connectivity index (χ1) is 12.7. The van der Waals surface area contributed by atoms with Crippen LogP contribution in [0, 0.1) is 5.92 Å². The molecule has 0 radical (unpaired) electrons. The highest BCUT2D eigenvalue weighted by atomic mass is 35.5. The quantitative estimate of drug-likeness (QED) is 0.828. The largest absolute Gasteiger partial charge is 0.354 e. The van der Waals surface area contributed by atoms with Crippen molar-refractivity contribution in [3.05, 3.63) is 34.9 Å². The third-order valence-electron chi connectivity index (χ3n) is 6.12. The van der Waals surface area contributed by atoms with Crippen LogP contribution in [0.4, 0.5) is 0 Å². The van der Waals surface area contributed by atoms with Gasteiger partial charge in [-0.25, -0.2) is 0 Å². The van der Waals surface area contributed by atoms with Crippen molar-refractivity contribution in [1.82, 2.24) is 15.5 Å². The Morgan fingerprint density at radius 2 is 2.04 bits per heavy atom. The zero-order valence-electron chi connectivity index (χ0n) is 15.8. The highest BCUT2D eigenvalue weighted by molar-refractivity contribution is 5.96. The van der Waals surface area contributed by atoms with E-state index in [9.17, 15) is 9.59 Å². The minimum Gasteiger partial charge on any atom is -0.354 e. The number of fused-ring (bicyclic) bond motifs is 1. The lowest BCUT2D eigenvalue weighted by atomic mass is 9.96. The Labute approximate surface area is 167 Å². The van der Waals surface area contributed by atoms with Crippen molar-refractivity contribution < 1.29 is 9.59 Å². The number of nitrogens with one attached hydrogen (secondary N) is 2. The molecule has 27 heavy (non-hydrogen) atoms. The molecule has 2 heterocycles. The molecule has 2 N–H and O–H groups in total. The molecule has 6 heteroatoms. The molecule has 5 nitrogen and oxygen atoms in total. The fourth-order valence-electron chi connectivity index (χ4n) is 4.68. The van der Waals surface area contributed by atoms with Gasteiger partial charge in [0.15, 0.2) is 0 Å². The molecular formula is C21H30ClN3O2. The highest BCUT2D eigenvalue weighted by Crippen LogP contribution is 2.27. The summed E-state index contributed by atoms with van der Waals surface area (Å²) in [6.07, 6.45) is 7.38. The van der Waals surface area contributed by atoms with Crippen LogP contribution in [0.5, 0.6) is 0 Å². The second-order valence-corrected chi connectivity index (χ2v) is 7.95. The number of hydrogen-bond donors (Lipinski definition) is 2. The van der Waals surface area contributed by atoms with Gasteiger partial charge >= 0.3 is 0 Å². The fraction of sp³-hybridized carbons (Fsp3) is 0.619. The van der Waals surface area contributed by atoms with Crippen molar-refractivity contribution in [2.45, 2.75) is 51.0 Å². The van der Waals surface area contributed by atoms with Crippen LogP contribution in [0.1, 0.15) is 53.6 Å². The minimum atomic E-state index is -0.0248. The monoisotopic (exact) mass is 391 g/mol. The number of carbonyl (C=O) groups excluding carboxylic acids is 2. The summed E-state index contributed by atoms with van der Waals surface area (Å²) < 4.78 is 0. The van der Waals surface area contributed by atoms with E-state index < -0.39 is 0 Å². The van der Waals surface area contributed by atoms with Crippen LogP contribution in [0.15, 0.2) is 18.2 Å². The van der Waals surface area contributed by atoms with Crippen LogP contribution in [0.3, 0.4) is 0 Å². The lowest BCUT2D eigenvalue weighted by Gasteiger charge is -2.33. The lowest BCUT2D eigenvalue weighted by Crippen LogP contribution is -2.46. The van der Waals surface area contributed by atoms with Gasteiger partial charge in [0.25, 0.3) is 5.91 Å². The lowest BCUT2D eigenvalue weighted by molar-refractivity contribution is -0.123. The third-order valence-corrected chi connectivity index (χ3v) is 6.12. The normalized spacial score (nSPS) is 24.2. The molecule has 1 aromatic rings. The van der Waals surface area contributed by atoms with Crippen LogP contribution in [-0.4, -0.2) is 48.9 Å². The minimum absolute atomic E-state index is 0. The smallest absolute Gasteiger partial charge is 0.254 e. The molecule has 1 aromatic carbocycles. The summed E-state index contributed by atoms with van der Waals surface area (Å²) in [6, 6.07) is 6.14. The van der Waals surface area contributed by atoms with Crippen molar-refractivity contribution in [1.29, 1.82) is 0 Å². The van der Waals surface area contributed by atoms with Crippen LogP contribution in [-0.2, 0) is 17.6 Å². The van der Waals surface area contributed by atoms with E-state index in [1.807, 2.05) is 17.0 Å². The van der Waals surface area contributed by atoms with Gasteiger partial charge in [-0.2, -0.15) is 0 Å². The highest BCUT2D eigenvalue weighted by Gasteiger charge is 2.28. The van der Waals surface area contributed by atoms with Crippen molar-refractivity contribution in [3.8, 4) is 0 Å². The summed E-state index contributed by atoms with van der Waals surface area (Å²) in [5.74, 6) is 0.652. The Bertz CT molecular complexity index is 688. The second kappa shape index (κ2) is 9.07. The molecule has 2 fully saturated rings. The van der Waals surface area contributed by atoms with E-state index in [4.69, 9.17) is 0 Å². The van der Waals surface area contributed by atoms with Crippen molar-refractivity contribution in [2.75, 3.05) is 26.2 Å². The Morgan fingerprint density at radius 3 is 2.85 bits per heavy atom. The maximum absolute atomic E-state index is 13.1. The molecule has 148 valence electrons. The van der Waals surface area contributed by atoms with Crippen LogP contribution < -0.4 is 10.6 Å². The number of hydrogen-bond acceptors (Lipinski definition) is 3. The number of nitrogens with zero attached hydrogens (tertiary/aromatic N) is 1. The van der Waals surface area contributed by atoms with E-state index in [0.717, 1.165) is 70.1 Å². The van der Waals surface area contributed by atoms with Gasteiger partial charge in [0, 0.05) is 25.2 Å². The molecule has 2 aliphatic heterocycles. The van der Waals surface area contributed by atoms with Crippen molar-refractivity contribution in [2.24, 2.45) is 5.92 Å². The van der Waals surface area contributed by atoms with E-state index >= 15 is 0 Å². The summed E-state index contributed by atoms with van der Waals surface area (Å²) in [7, 11) is 0. The van der Waals surface area contributed by atoms with Crippen LogP contribution in [0.25, 0.3) is 0 Å². The molecule has 3 aliphatic rings. The van der Waals surface area contributed by atoms with Crippen LogP contribution in [0.2, 0.25) is 0 Å². The molecule has 2 unspecified atom stereocenters. The van der Waals surface area contributed by atoms with Crippen LogP contribution >= 0.6 is 12.4 Å². The maximum atomic E-state index is 13.1. The average molecular weight is 392 g/mol. The first-order valence-corrected chi connectivity index (χ1v) is 10.1. The number of aryl methyl sites for hydroxylation is 1. The van der Waals surface area contributed by atoms with Gasteiger partial charge in [0.05, 0.1) is 6.04 Å². The van der Waals surface area contributed by atoms with E-state index in [-0.39, 0.29) is 30.3 Å². The van der Waals surface area contributed by atoms with E-state index in [1.54, 1.807) is 0 Å². The number of benzene rings is 1. The number of likely N-dealkylation sites (tertiary alicyclic amines) is 1. The molecule has 0 saturated carbocycles. The molecule has 0 spiro atoms. The number of halogens is 1. The van der Waals surface area contributed by atoms with Gasteiger partial charge in [-0.3, -0.25) is 9.59 Å². The predicted octanol–water partition coefficient (Wildman–Crippen LogP) is 2.32. The molecular weight excluding hydrogens is 362 g/mol. The average Bonchev–Trinajstić information content (AvgIpc) is 3.37. The summed E-state index contributed by atoms with van der Waals surface area (Å²) in [5.41, 5.74) is 3.51.